The van der Waals surface area contributed by atoms with E-state index < -0.39 is 17.9 Å². The van der Waals surface area contributed by atoms with E-state index in [9.17, 15) is 9.59 Å². The minimum absolute atomic E-state index is 0.189. The number of methoxy groups -OCH3 is 1. The van der Waals surface area contributed by atoms with Gasteiger partial charge in [-0.3, -0.25) is 14.5 Å². The first-order valence-corrected chi connectivity index (χ1v) is 11.3. The van der Waals surface area contributed by atoms with Gasteiger partial charge in [-0.15, -0.1) is 0 Å². The van der Waals surface area contributed by atoms with Crippen molar-refractivity contribution in [3.05, 3.63) is 54.1 Å². The Bertz CT molecular complexity index is 1120. The number of amides is 1. The lowest BCUT2D eigenvalue weighted by Crippen LogP contribution is -2.51. The van der Waals surface area contributed by atoms with Crippen molar-refractivity contribution >= 4 is 28.9 Å². The van der Waals surface area contributed by atoms with Crippen LogP contribution in [0.1, 0.15) is 31.9 Å². The van der Waals surface area contributed by atoms with Gasteiger partial charge in [-0.25, -0.2) is 4.98 Å². The topological polar surface area (TPSA) is 82.9 Å². The zero-order valence-electron chi connectivity index (χ0n) is 19.2. The molecule has 2 aromatic carbocycles. The summed E-state index contributed by atoms with van der Waals surface area (Å²) in [5.41, 5.74) is 2.40. The van der Waals surface area contributed by atoms with Crippen molar-refractivity contribution < 1.29 is 23.8 Å². The number of fused-ring (bicyclic) bond motifs is 3. The summed E-state index contributed by atoms with van der Waals surface area (Å²) in [6, 6.07) is 14.6. The summed E-state index contributed by atoms with van der Waals surface area (Å²) < 4.78 is 18.3. The lowest BCUT2D eigenvalue weighted by Gasteiger charge is -2.37. The zero-order valence-corrected chi connectivity index (χ0v) is 19.2. The third-order valence-corrected chi connectivity index (χ3v) is 5.70. The number of para-hydroxylation sites is 2. The van der Waals surface area contributed by atoms with Crippen molar-refractivity contribution in [2.24, 2.45) is 5.92 Å². The number of anilines is 1. The third-order valence-electron chi connectivity index (χ3n) is 5.70. The van der Waals surface area contributed by atoms with Gasteiger partial charge in [0, 0.05) is 7.11 Å². The highest BCUT2D eigenvalue weighted by molar-refractivity contribution is 6.08. The molecular weight excluding hydrogens is 422 g/mol. The SMILES string of the molecule is CCCOc1ccc([C@@H]2[C@@H](C(=O)OCC)C(=O)N(CCOC)c3nc4ccccc4n32)cc1. The number of hydrogen-bond donors (Lipinski definition) is 0. The van der Waals surface area contributed by atoms with E-state index in [0.717, 1.165) is 28.8 Å². The third kappa shape index (κ3) is 4.30. The molecule has 3 aromatic rings. The predicted octanol–water partition coefficient (Wildman–Crippen LogP) is 3.59. The number of imidazole rings is 1. The normalized spacial score (nSPS) is 17.8. The van der Waals surface area contributed by atoms with E-state index in [4.69, 9.17) is 19.2 Å². The smallest absolute Gasteiger partial charge is 0.321 e. The van der Waals surface area contributed by atoms with Gasteiger partial charge in [0.05, 0.1) is 43.4 Å². The Morgan fingerprint density at radius 1 is 1.06 bits per heavy atom. The van der Waals surface area contributed by atoms with Crippen molar-refractivity contribution in [1.82, 2.24) is 9.55 Å². The second-order valence-electron chi connectivity index (χ2n) is 7.85. The van der Waals surface area contributed by atoms with E-state index in [1.807, 2.05) is 60.0 Å². The molecule has 1 aliphatic rings. The molecule has 0 aliphatic carbocycles. The number of esters is 1. The lowest BCUT2D eigenvalue weighted by atomic mass is 9.89. The van der Waals surface area contributed by atoms with Crippen LogP contribution >= 0.6 is 0 Å². The maximum Gasteiger partial charge on any atom is 0.321 e. The van der Waals surface area contributed by atoms with Gasteiger partial charge in [0.1, 0.15) is 5.75 Å². The van der Waals surface area contributed by atoms with Crippen molar-refractivity contribution in [3.8, 4) is 5.75 Å². The van der Waals surface area contributed by atoms with Crippen LogP contribution in [0, 0.1) is 5.92 Å². The summed E-state index contributed by atoms with van der Waals surface area (Å²) >= 11 is 0. The van der Waals surface area contributed by atoms with E-state index in [-0.39, 0.29) is 19.1 Å². The molecule has 0 bridgehead atoms. The second kappa shape index (κ2) is 10.0. The molecule has 0 N–H and O–H groups in total. The first-order valence-electron chi connectivity index (χ1n) is 11.3. The minimum Gasteiger partial charge on any atom is -0.494 e. The molecule has 2 atom stereocenters. The van der Waals surface area contributed by atoms with Gasteiger partial charge in [0.15, 0.2) is 5.92 Å². The highest BCUT2D eigenvalue weighted by Crippen LogP contribution is 2.41. The Morgan fingerprint density at radius 2 is 1.82 bits per heavy atom. The van der Waals surface area contributed by atoms with Crippen LogP contribution in [0.2, 0.25) is 0 Å². The number of aromatic nitrogens is 2. The Morgan fingerprint density at radius 3 is 2.52 bits per heavy atom. The summed E-state index contributed by atoms with van der Waals surface area (Å²) in [7, 11) is 1.57. The van der Waals surface area contributed by atoms with Crippen LogP contribution in [0.4, 0.5) is 5.95 Å². The molecule has 2 heterocycles. The molecule has 1 amide bonds. The zero-order chi connectivity index (χ0) is 23.4. The molecule has 1 aliphatic heterocycles. The van der Waals surface area contributed by atoms with Gasteiger partial charge >= 0.3 is 5.97 Å². The fourth-order valence-corrected chi connectivity index (χ4v) is 4.22. The van der Waals surface area contributed by atoms with Gasteiger partial charge in [-0.05, 0) is 43.2 Å². The Hall–Kier alpha value is -3.39. The minimum atomic E-state index is -1.05. The monoisotopic (exact) mass is 451 g/mol. The van der Waals surface area contributed by atoms with Crippen LogP contribution in [-0.2, 0) is 19.1 Å². The van der Waals surface area contributed by atoms with Gasteiger partial charge in [-0.2, -0.15) is 0 Å². The highest BCUT2D eigenvalue weighted by atomic mass is 16.5. The van der Waals surface area contributed by atoms with E-state index in [2.05, 4.69) is 0 Å². The van der Waals surface area contributed by atoms with Crippen molar-refractivity contribution in [2.75, 3.05) is 38.4 Å². The molecule has 1 aromatic heterocycles. The average Bonchev–Trinajstić information content (AvgIpc) is 3.21. The predicted molar refractivity (Wildman–Crippen MR) is 124 cm³/mol. The number of ether oxygens (including phenoxy) is 3. The molecule has 8 heteroatoms. The lowest BCUT2D eigenvalue weighted by molar-refractivity contribution is -0.153. The summed E-state index contributed by atoms with van der Waals surface area (Å²) in [4.78, 5) is 33.1. The molecular formula is C25H29N3O5. The maximum absolute atomic E-state index is 13.7. The highest BCUT2D eigenvalue weighted by Gasteiger charge is 2.47. The molecule has 0 saturated carbocycles. The first-order chi connectivity index (χ1) is 16.1. The maximum atomic E-state index is 13.7. The average molecular weight is 452 g/mol. The Balaban J connectivity index is 1.88. The summed E-state index contributed by atoms with van der Waals surface area (Å²) in [5.74, 6) is -0.702. The van der Waals surface area contributed by atoms with E-state index in [0.29, 0.717) is 19.2 Å². The standard InChI is InChI=1S/C25H29N3O5/c1-4-15-33-18-12-10-17(11-13-18)22-21(24(30)32-5-2)23(29)27(14-16-31-3)25-26-19-8-6-7-9-20(19)28(22)25/h6-13,21-22H,4-5,14-16H2,1-3H3/t21-,22-/m1/s1. The Kier molecular flexibility index (Phi) is 6.93. The largest absolute Gasteiger partial charge is 0.494 e. The van der Waals surface area contributed by atoms with Crippen molar-refractivity contribution in [2.45, 2.75) is 26.3 Å². The molecule has 4 rings (SSSR count). The summed E-state index contributed by atoms with van der Waals surface area (Å²) in [5, 5.41) is 0. The van der Waals surface area contributed by atoms with E-state index in [1.54, 1.807) is 14.0 Å². The molecule has 33 heavy (non-hydrogen) atoms. The molecule has 0 fully saturated rings. The first kappa shape index (κ1) is 22.8. The second-order valence-corrected chi connectivity index (χ2v) is 7.85. The van der Waals surface area contributed by atoms with Gasteiger partial charge in [0.2, 0.25) is 11.9 Å². The molecule has 0 radical (unpaired) electrons. The summed E-state index contributed by atoms with van der Waals surface area (Å²) in [6.45, 7) is 5.20. The number of benzene rings is 2. The number of rotatable bonds is 9. The molecule has 0 spiro atoms. The van der Waals surface area contributed by atoms with Crippen LogP contribution in [0.25, 0.3) is 11.0 Å². The number of carbonyl (C=O) groups is 2. The molecule has 0 saturated heterocycles. The van der Waals surface area contributed by atoms with Gasteiger partial charge < -0.3 is 18.8 Å². The molecule has 174 valence electrons. The van der Waals surface area contributed by atoms with Crippen LogP contribution in [0.3, 0.4) is 0 Å². The molecule has 0 unspecified atom stereocenters. The van der Waals surface area contributed by atoms with Crippen molar-refractivity contribution in [1.29, 1.82) is 0 Å². The van der Waals surface area contributed by atoms with Gasteiger partial charge in [-0.1, -0.05) is 31.2 Å². The number of hydrogen-bond acceptors (Lipinski definition) is 6. The fourth-order valence-electron chi connectivity index (χ4n) is 4.22. The summed E-state index contributed by atoms with van der Waals surface area (Å²) in [6.07, 6.45) is 0.908. The van der Waals surface area contributed by atoms with E-state index >= 15 is 0 Å². The van der Waals surface area contributed by atoms with Crippen LogP contribution in [0.15, 0.2) is 48.5 Å². The van der Waals surface area contributed by atoms with E-state index in [1.165, 1.54) is 4.90 Å². The van der Waals surface area contributed by atoms with Crippen LogP contribution in [-0.4, -0.2) is 54.9 Å². The number of nitrogens with zero attached hydrogens (tertiary/aromatic N) is 3. The fraction of sp³-hybridized carbons (Fsp3) is 0.400. The van der Waals surface area contributed by atoms with Crippen molar-refractivity contribution in [3.63, 3.8) is 0 Å². The molecule has 8 nitrogen and oxygen atoms in total. The Labute approximate surface area is 193 Å². The quantitative estimate of drug-likeness (QED) is 0.365. The van der Waals surface area contributed by atoms with Crippen LogP contribution in [0.5, 0.6) is 5.75 Å². The van der Waals surface area contributed by atoms with Gasteiger partial charge in [0.25, 0.3) is 0 Å². The van der Waals surface area contributed by atoms with Crippen LogP contribution < -0.4 is 9.64 Å². The number of carbonyl (C=O) groups excluding carboxylic acids is 2.